The minimum absolute atomic E-state index is 0.0209. The van der Waals surface area contributed by atoms with Crippen LogP contribution in [-0.4, -0.2) is 13.4 Å². The van der Waals surface area contributed by atoms with Crippen LogP contribution in [0.15, 0.2) is 33.6 Å². The maximum absolute atomic E-state index is 12.5. The largest absolute Gasteiger partial charge is 0.398 e. The highest BCUT2D eigenvalue weighted by Gasteiger charge is 2.21. The van der Waals surface area contributed by atoms with Crippen molar-refractivity contribution in [3.05, 3.63) is 45.1 Å². The van der Waals surface area contributed by atoms with Crippen molar-refractivity contribution in [1.82, 2.24) is 4.98 Å². The van der Waals surface area contributed by atoms with E-state index in [0.29, 0.717) is 11.4 Å². The molecule has 0 aliphatic rings. The maximum Gasteiger partial charge on any atom is 0.263 e. The molecule has 0 atom stereocenters. The van der Waals surface area contributed by atoms with Crippen molar-refractivity contribution in [3.63, 3.8) is 0 Å². The molecule has 3 N–H and O–H groups in total. The van der Waals surface area contributed by atoms with Crippen molar-refractivity contribution in [2.45, 2.75) is 18.7 Å². The number of pyridine rings is 1. The van der Waals surface area contributed by atoms with Crippen molar-refractivity contribution < 1.29 is 8.42 Å². The number of hydrogen-bond donors (Lipinski definition) is 2. The van der Waals surface area contributed by atoms with E-state index in [1.165, 1.54) is 12.1 Å². The average Bonchev–Trinajstić information content (AvgIpc) is 2.37. The number of rotatable bonds is 3. The summed E-state index contributed by atoms with van der Waals surface area (Å²) in [6, 6.07) is 6.20. The van der Waals surface area contributed by atoms with Gasteiger partial charge in [0.25, 0.3) is 10.0 Å². The van der Waals surface area contributed by atoms with E-state index in [1.54, 1.807) is 19.1 Å². The molecule has 0 radical (unpaired) electrons. The van der Waals surface area contributed by atoms with E-state index in [1.807, 2.05) is 6.92 Å². The van der Waals surface area contributed by atoms with Gasteiger partial charge >= 0.3 is 0 Å². The number of nitrogens with zero attached hydrogens (tertiary/aromatic N) is 1. The molecule has 21 heavy (non-hydrogen) atoms. The van der Waals surface area contributed by atoms with Crippen molar-refractivity contribution in [3.8, 4) is 0 Å². The Morgan fingerprint density at radius 1 is 1.29 bits per heavy atom. The molecule has 2 aromatic rings. The summed E-state index contributed by atoms with van der Waals surface area (Å²) in [5.74, 6) is 0. The van der Waals surface area contributed by atoms with E-state index in [4.69, 9.17) is 17.3 Å². The first-order chi connectivity index (χ1) is 9.70. The van der Waals surface area contributed by atoms with Gasteiger partial charge in [-0.2, -0.15) is 0 Å². The van der Waals surface area contributed by atoms with Crippen LogP contribution in [0.25, 0.3) is 0 Å². The normalized spacial score (nSPS) is 11.4. The molecule has 0 amide bonds. The van der Waals surface area contributed by atoms with E-state index in [9.17, 15) is 8.42 Å². The number of benzene rings is 1. The summed E-state index contributed by atoms with van der Waals surface area (Å²) < 4.78 is 27.7. The molecule has 112 valence electrons. The Morgan fingerprint density at radius 2 is 1.95 bits per heavy atom. The molecule has 0 aliphatic heterocycles. The highest BCUT2D eigenvalue weighted by atomic mass is 79.9. The van der Waals surface area contributed by atoms with Gasteiger partial charge in [0.1, 0.15) is 4.90 Å². The van der Waals surface area contributed by atoms with Crippen molar-refractivity contribution in [1.29, 1.82) is 0 Å². The number of anilines is 2. The van der Waals surface area contributed by atoms with Crippen LogP contribution in [0, 0.1) is 13.8 Å². The van der Waals surface area contributed by atoms with E-state index < -0.39 is 10.0 Å². The summed E-state index contributed by atoms with van der Waals surface area (Å²) in [4.78, 5) is 4.20. The van der Waals surface area contributed by atoms with E-state index in [2.05, 4.69) is 25.6 Å². The van der Waals surface area contributed by atoms with Crippen LogP contribution in [0.2, 0.25) is 5.02 Å². The predicted molar refractivity (Wildman–Crippen MR) is 88.1 cm³/mol. The Balaban J connectivity index is 2.48. The molecular weight excluding hydrogens is 378 g/mol. The molecule has 1 aromatic carbocycles. The molecule has 0 fully saturated rings. The number of nitrogen functional groups attached to an aromatic ring is 1. The predicted octanol–water partition coefficient (Wildman–Crippen LogP) is 3.50. The molecule has 1 heterocycles. The zero-order valence-electron chi connectivity index (χ0n) is 11.3. The fraction of sp³-hybridized carbons (Fsp3) is 0.154. The zero-order chi connectivity index (χ0) is 15.8. The molecule has 0 bridgehead atoms. The van der Waals surface area contributed by atoms with Gasteiger partial charge < -0.3 is 5.73 Å². The Hall–Kier alpha value is -1.31. The molecule has 0 saturated carbocycles. The summed E-state index contributed by atoms with van der Waals surface area (Å²) in [6.45, 7) is 3.56. The topological polar surface area (TPSA) is 85.1 Å². The minimum Gasteiger partial charge on any atom is -0.398 e. The van der Waals surface area contributed by atoms with Crippen molar-refractivity contribution >= 4 is 48.9 Å². The number of halogens is 2. The van der Waals surface area contributed by atoms with Gasteiger partial charge in [0.15, 0.2) is 0 Å². The first-order valence-electron chi connectivity index (χ1n) is 5.92. The quantitative estimate of drug-likeness (QED) is 0.786. The minimum atomic E-state index is -3.83. The summed E-state index contributed by atoms with van der Waals surface area (Å²) >= 11 is 9.05. The number of nitrogens with two attached hydrogens (primary N) is 1. The Labute approximate surface area is 136 Å². The molecule has 2 rings (SSSR count). The van der Waals surface area contributed by atoms with Crippen molar-refractivity contribution in [2.75, 3.05) is 10.5 Å². The standard InChI is InChI=1S/C13H13BrClN3O2S/c1-7-3-4-11(8(2)17-7)18-21(19,20)12-6-9(15)5-10(16)13(12)14/h3-6,18H,16H2,1-2H3. The first kappa shape index (κ1) is 16.1. The third kappa shape index (κ3) is 3.48. The van der Waals surface area contributed by atoms with Gasteiger partial charge in [-0.3, -0.25) is 9.71 Å². The second-order valence-corrected chi connectivity index (χ2v) is 7.38. The highest BCUT2D eigenvalue weighted by Crippen LogP contribution is 2.32. The molecule has 0 unspecified atom stereocenters. The Kier molecular flexibility index (Phi) is 4.46. The van der Waals surface area contributed by atoms with E-state index >= 15 is 0 Å². The van der Waals surface area contributed by atoms with Crippen LogP contribution >= 0.6 is 27.5 Å². The lowest BCUT2D eigenvalue weighted by Crippen LogP contribution is -2.15. The van der Waals surface area contributed by atoms with Crippen LogP contribution in [0.1, 0.15) is 11.4 Å². The smallest absolute Gasteiger partial charge is 0.263 e. The van der Waals surface area contributed by atoms with E-state index in [0.717, 1.165) is 5.69 Å². The van der Waals surface area contributed by atoms with Gasteiger partial charge in [0, 0.05) is 16.4 Å². The lowest BCUT2D eigenvalue weighted by molar-refractivity contribution is 0.600. The van der Waals surface area contributed by atoms with Gasteiger partial charge in [-0.1, -0.05) is 11.6 Å². The Morgan fingerprint density at radius 3 is 2.57 bits per heavy atom. The third-order valence-electron chi connectivity index (χ3n) is 2.79. The fourth-order valence-corrected chi connectivity index (χ4v) is 4.18. The highest BCUT2D eigenvalue weighted by molar-refractivity contribution is 9.10. The van der Waals surface area contributed by atoms with Gasteiger partial charge in [-0.25, -0.2) is 8.42 Å². The van der Waals surface area contributed by atoms with Crippen LogP contribution in [-0.2, 0) is 10.0 Å². The van der Waals surface area contributed by atoms with Gasteiger partial charge in [-0.15, -0.1) is 0 Å². The summed E-state index contributed by atoms with van der Waals surface area (Å²) in [5, 5.41) is 0.245. The van der Waals surface area contributed by atoms with Gasteiger partial charge in [0.05, 0.1) is 15.9 Å². The second kappa shape index (κ2) is 5.82. The van der Waals surface area contributed by atoms with E-state index in [-0.39, 0.29) is 20.1 Å². The fourth-order valence-electron chi connectivity index (χ4n) is 1.77. The summed E-state index contributed by atoms with van der Waals surface area (Å²) in [7, 11) is -3.83. The number of nitrogens with one attached hydrogen (secondary N) is 1. The first-order valence-corrected chi connectivity index (χ1v) is 8.57. The van der Waals surface area contributed by atoms with Crippen LogP contribution < -0.4 is 10.5 Å². The second-order valence-electron chi connectivity index (χ2n) is 4.50. The number of sulfonamides is 1. The Bertz CT molecular complexity index is 809. The molecule has 5 nitrogen and oxygen atoms in total. The molecule has 1 aromatic heterocycles. The lowest BCUT2D eigenvalue weighted by Gasteiger charge is -2.13. The molecule has 0 spiro atoms. The molecule has 0 saturated heterocycles. The summed E-state index contributed by atoms with van der Waals surface area (Å²) in [6.07, 6.45) is 0. The molecular formula is C13H13BrClN3O2S. The molecule has 8 heteroatoms. The van der Waals surface area contributed by atoms with Crippen LogP contribution in [0.3, 0.4) is 0 Å². The van der Waals surface area contributed by atoms with Gasteiger partial charge in [-0.05, 0) is 54.0 Å². The maximum atomic E-state index is 12.5. The number of aryl methyl sites for hydroxylation is 2. The number of aromatic nitrogens is 1. The summed E-state index contributed by atoms with van der Waals surface area (Å²) in [5.41, 5.74) is 7.78. The SMILES string of the molecule is Cc1ccc(NS(=O)(=O)c2cc(Cl)cc(N)c2Br)c(C)n1. The third-order valence-corrected chi connectivity index (χ3v) is 5.55. The average molecular weight is 391 g/mol. The monoisotopic (exact) mass is 389 g/mol. The molecule has 0 aliphatic carbocycles. The zero-order valence-corrected chi connectivity index (χ0v) is 14.5. The van der Waals surface area contributed by atoms with Crippen LogP contribution in [0.5, 0.6) is 0 Å². The number of hydrogen-bond acceptors (Lipinski definition) is 4. The van der Waals surface area contributed by atoms with Crippen molar-refractivity contribution in [2.24, 2.45) is 0 Å². The lowest BCUT2D eigenvalue weighted by atomic mass is 10.3. The van der Waals surface area contributed by atoms with Gasteiger partial charge in [0.2, 0.25) is 0 Å². The van der Waals surface area contributed by atoms with Crippen LogP contribution in [0.4, 0.5) is 11.4 Å².